The van der Waals surface area contributed by atoms with Gasteiger partial charge in [0.1, 0.15) is 18.6 Å². The second-order valence-corrected chi connectivity index (χ2v) is 7.17. The summed E-state index contributed by atoms with van der Waals surface area (Å²) >= 11 is 0. The van der Waals surface area contributed by atoms with E-state index in [4.69, 9.17) is 0 Å². The molecule has 1 aliphatic carbocycles. The largest absolute Gasteiger partial charge is 0.352 e. The highest BCUT2D eigenvalue weighted by Crippen LogP contribution is 2.45. The Labute approximate surface area is 152 Å². The molecule has 0 bridgehead atoms. The number of rotatable bonds is 7. The molecule has 1 aromatic carbocycles. The molecule has 2 N–H and O–H groups in total. The highest BCUT2D eigenvalue weighted by atomic mass is 19.1. The quantitative estimate of drug-likeness (QED) is 0.576. The van der Waals surface area contributed by atoms with Gasteiger partial charge in [-0.1, -0.05) is 12.1 Å². The van der Waals surface area contributed by atoms with Crippen LogP contribution in [0.15, 0.2) is 35.3 Å². The highest BCUT2D eigenvalue weighted by molar-refractivity contribution is 5.61. The second kappa shape index (κ2) is 7.40. The van der Waals surface area contributed by atoms with Gasteiger partial charge in [-0.15, -0.1) is 0 Å². The van der Waals surface area contributed by atoms with E-state index in [9.17, 15) is 9.18 Å². The summed E-state index contributed by atoms with van der Waals surface area (Å²) in [6.45, 7) is 2.73. The fraction of sp³-hybridized carbons (Fsp3) is 0.450. The fourth-order valence-electron chi connectivity index (χ4n) is 3.40. The summed E-state index contributed by atoms with van der Waals surface area (Å²) in [6.07, 6.45) is 7.94. The lowest BCUT2D eigenvalue weighted by Gasteiger charge is -2.31. The molecular formula is C20H24FN4O+. The topological polar surface area (TPSA) is 63.0 Å². The minimum absolute atomic E-state index is 0.0968. The predicted molar refractivity (Wildman–Crippen MR) is 99.2 cm³/mol. The third-order valence-corrected chi connectivity index (χ3v) is 5.20. The number of aromatic nitrogens is 2. The van der Waals surface area contributed by atoms with Gasteiger partial charge >= 0.3 is 0 Å². The van der Waals surface area contributed by atoms with Crippen LogP contribution in [0.4, 0.5) is 10.2 Å². The number of H-pyrrole nitrogens is 1. The lowest BCUT2D eigenvalue weighted by molar-refractivity contribution is -0.454. The number of nitrogens with one attached hydrogen (secondary N) is 2. The van der Waals surface area contributed by atoms with Gasteiger partial charge in [-0.05, 0) is 42.9 Å². The zero-order valence-electron chi connectivity index (χ0n) is 14.7. The molecule has 0 amide bonds. The molecule has 4 rings (SSSR count). The second-order valence-electron chi connectivity index (χ2n) is 7.17. The summed E-state index contributed by atoms with van der Waals surface area (Å²) in [5.74, 6) is 1.43. The van der Waals surface area contributed by atoms with Crippen molar-refractivity contribution in [3.8, 4) is 0 Å². The molecule has 136 valence electrons. The Kier molecular flexibility index (Phi) is 4.82. The van der Waals surface area contributed by atoms with Gasteiger partial charge in [-0.25, -0.2) is 9.37 Å². The number of nitrogens with zero attached hydrogens (tertiary/aromatic N) is 2. The predicted octanol–water partition coefficient (Wildman–Crippen LogP) is 1.01. The molecule has 0 radical (unpaired) electrons. The average Bonchev–Trinajstić information content (AvgIpc) is 3.36. The zero-order chi connectivity index (χ0) is 17.9. The number of hydrogen-bond acceptors (Lipinski definition) is 3. The Balaban J connectivity index is 1.23. The maximum atomic E-state index is 13.0. The number of hydrogen-bond donors (Lipinski definition) is 2. The van der Waals surface area contributed by atoms with Gasteiger partial charge in [0.05, 0.1) is 5.69 Å². The minimum atomic E-state index is -0.179. The summed E-state index contributed by atoms with van der Waals surface area (Å²) < 4.78 is 13.0. The van der Waals surface area contributed by atoms with Crippen molar-refractivity contribution in [1.82, 2.24) is 9.97 Å². The Bertz CT molecular complexity index is 842. The maximum absolute atomic E-state index is 13.0. The molecule has 1 saturated heterocycles. The van der Waals surface area contributed by atoms with Crippen molar-refractivity contribution in [2.75, 3.05) is 24.5 Å². The average molecular weight is 355 g/mol. The summed E-state index contributed by atoms with van der Waals surface area (Å²) in [7, 11) is 0. The Morgan fingerprint density at radius 3 is 2.85 bits per heavy atom. The number of aromatic amines is 1. The van der Waals surface area contributed by atoms with E-state index in [2.05, 4.69) is 21.2 Å². The molecule has 2 aromatic rings. The SMILES string of the molecule is O=c1[nH]cc(CCC[NH+]=CC2C[C@H]2c2ccc(F)cc2)nc1N1CCC1. The van der Waals surface area contributed by atoms with E-state index >= 15 is 0 Å². The molecule has 6 heteroatoms. The first-order valence-corrected chi connectivity index (χ1v) is 9.36. The molecule has 1 aliphatic heterocycles. The Morgan fingerprint density at radius 2 is 2.12 bits per heavy atom. The van der Waals surface area contributed by atoms with Crippen LogP contribution in [-0.4, -0.2) is 35.8 Å². The number of anilines is 1. The van der Waals surface area contributed by atoms with Gasteiger partial charge in [-0.3, -0.25) is 9.79 Å². The van der Waals surface area contributed by atoms with Crippen molar-refractivity contribution in [3.05, 3.63) is 57.9 Å². The van der Waals surface area contributed by atoms with Crippen LogP contribution in [0.1, 0.15) is 36.4 Å². The number of benzene rings is 1. The lowest BCUT2D eigenvalue weighted by Crippen LogP contribution is -2.69. The van der Waals surface area contributed by atoms with Gasteiger partial charge < -0.3 is 9.88 Å². The number of aryl methyl sites for hydroxylation is 1. The van der Waals surface area contributed by atoms with Crippen molar-refractivity contribution >= 4 is 12.0 Å². The van der Waals surface area contributed by atoms with Gasteiger partial charge in [0.2, 0.25) is 0 Å². The molecular weight excluding hydrogens is 331 g/mol. The van der Waals surface area contributed by atoms with Crippen LogP contribution in [0.2, 0.25) is 0 Å². The van der Waals surface area contributed by atoms with E-state index in [-0.39, 0.29) is 11.4 Å². The van der Waals surface area contributed by atoms with Crippen LogP contribution in [0.25, 0.3) is 0 Å². The summed E-state index contributed by atoms with van der Waals surface area (Å²) in [4.78, 5) is 24.6. The monoisotopic (exact) mass is 355 g/mol. The standard InChI is InChI=1S/C20H23FN4O/c21-16-6-4-14(5-7-16)18-11-15(18)12-22-8-1-3-17-13-23-20(26)19(24-17)25-9-2-10-25/h4-7,12-13,15,18H,1-3,8-11H2,(H,23,26)/p+1/t15?,18-/m0/s1. The fourth-order valence-corrected chi connectivity index (χ4v) is 3.40. The van der Waals surface area contributed by atoms with Gasteiger partial charge in [-0.2, -0.15) is 0 Å². The van der Waals surface area contributed by atoms with Gasteiger partial charge in [0, 0.05) is 31.6 Å². The molecule has 1 saturated carbocycles. The summed E-state index contributed by atoms with van der Waals surface area (Å²) in [5.41, 5.74) is 2.05. The minimum Gasteiger partial charge on any atom is -0.352 e. The van der Waals surface area contributed by atoms with E-state index < -0.39 is 0 Å². The van der Waals surface area contributed by atoms with E-state index in [1.165, 1.54) is 17.7 Å². The molecule has 2 fully saturated rings. The van der Waals surface area contributed by atoms with Crippen LogP contribution in [0.3, 0.4) is 0 Å². The molecule has 1 unspecified atom stereocenters. The maximum Gasteiger partial charge on any atom is 0.290 e. The van der Waals surface area contributed by atoms with Gasteiger partial charge in [0.25, 0.3) is 5.56 Å². The normalized spacial score (nSPS) is 21.8. The summed E-state index contributed by atoms with van der Waals surface area (Å²) in [5, 5.41) is 0. The van der Waals surface area contributed by atoms with Crippen LogP contribution >= 0.6 is 0 Å². The first-order valence-electron chi connectivity index (χ1n) is 9.36. The van der Waals surface area contributed by atoms with Crippen LogP contribution in [0, 0.1) is 11.7 Å². The van der Waals surface area contributed by atoms with E-state index in [0.29, 0.717) is 17.7 Å². The van der Waals surface area contributed by atoms with E-state index in [1.807, 2.05) is 17.0 Å². The highest BCUT2D eigenvalue weighted by Gasteiger charge is 2.39. The van der Waals surface area contributed by atoms with Crippen molar-refractivity contribution in [2.24, 2.45) is 5.92 Å². The third-order valence-electron chi connectivity index (χ3n) is 5.20. The van der Waals surface area contributed by atoms with E-state index in [1.54, 1.807) is 6.20 Å². The molecule has 2 aliphatic rings. The van der Waals surface area contributed by atoms with Gasteiger partial charge in [0.15, 0.2) is 5.82 Å². The molecule has 1 aromatic heterocycles. The van der Waals surface area contributed by atoms with Crippen LogP contribution < -0.4 is 15.5 Å². The van der Waals surface area contributed by atoms with Crippen molar-refractivity contribution < 1.29 is 9.38 Å². The van der Waals surface area contributed by atoms with Crippen LogP contribution in [0.5, 0.6) is 0 Å². The van der Waals surface area contributed by atoms with Crippen molar-refractivity contribution in [1.29, 1.82) is 0 Å². The first-order chi connectivity index (χ1) is 12.7. The van der Waals surface area contributed by atoms with Crippen molar-refractivity contribution in [2.45, 2.75) is 31.6 Å². The Morgan fingerprint density at radius 1 is 1.31 bits per heavy atom. The molecule has 2 heterocycles. The first kappa shape index (κ1) is 16.9. The molecule has 26 heavy (non-hydrogen) atoms. The molecule has 2 atom stereocenters. The van der Waals surface area contributed by atoms with Crippen LogP contribution in [-0.2, 0) is 6.42 Å². The lowest BCUT2D eigenvalue weighted by atomic mass is 10.1. The summed E-state index contributed by atoms with van der Waals surface area (Å²) in [6, 6.07) is 6.82. The zero-order valence-corrected chi connectivity index (χ0v) is 14.7. The Hall–Kier alpha value is -2.50. The molecule has 5 nitrogen and oxygen atoms in total. The number of halogens is 1. The van der Waals surface area contributed by atoms with E-state index in [0.717, 1.165) is 51.0 Å². The smallest absolute Gasteiger partial charge is 0.290 e. The third kappa shape index (κ3) is 3.84. The molecule has 0 spiro atoms. The van der Waals surface area contributed by atoms with Crippen molar-refractivity contribution in [3.63, 3.8) is 0 Å².